The van der Waals surface area contributed by atoms with Crippen LogP contribution in [-0.4, -0.2) is 39.4 Å². The van der Waals surface area contributed by atoms with E-state index in [1.165, 1.54) is 23.3 Å². The van der Waals surface area contributed by atoms with Crippen molar-refractivity contribution < 1.29 is 22.7 Å². The van der Waals surface area contributed by atoms with Crippen LogP contribution < -0.4 is 10.1 Å². The van der Waals surface area contributed by atoms with E-state index >= 15 is 0 Å². The summed E-state index contributed by atoms with van der Waals surface area (Å²) in [6.07, 6.45) is -1.20. The van der Waals surface area contributed by atoms with Crippen LogP contribution in [0.5, 0.6) is 5.75 Å². The number of nitrogens with zero attached hydrogens (tertiary/aromatic N) is 5. The number of urea groups is 1. The number of ether oxygens (including phenoxy) is 1. The number of halogens is 4. The second-order valence-electron chi connectivity index (χ2n) is 7.25. The summed E-state index contributed by atoms with van der Waals surface area (Å²) in [5, 5.41) is 22.3. The van der Waals surface area contributed by atoms with Crippen LogP contribution in [0.15, 0.2) is 66.0 Å². The van der Waals surface area contributed by atoms with Crippen LogP contribution >= 0.6 is 11.6 Å². The Hall–Kier alpha value is -4.04. The molecule has 1 atom stereocenters. The number of hydrogen-bond acceptors (Lipinski definition) is 5. The maximum atomic E-state index is 12.8. The Kier molecular flexibility index (Phi) is 6.43. The number of carbonyl (C=O) groups is 1. The van der Waals surface area contributed by atoms with Gasteiger partial charge in [-0.05, 0) is 42.8 Å². The van der Waals surface area contributed by atoms with Crippen molar-refractivity contribution in [2.45, 2.75) is 18.8 Å². The zero-order valence-corrected chi connectivity index (χ0v) is 18.1. The highest BCUT2D eigenvalue weighted by molar-refractivity contribution is 6.30. The predicted molar refractivity (Wildman–Crippen MR) is 117 cm³/mol. The molecule has 2 aromatic carbocycles. The normalized spacial score (nSPS) is 15.9. The molecule has 0 radical (unpaired) electrons. The standard InChI is InChI=1S/C22H16ClF3N6O2/c23-16-12-28-32(13-16)19-8-9-31(30-20(19)15-3-1-2-14(10-15)11-27)21(33)29-17-4-6-18(7-5-17)34-22(24,25)26/h1-7,10,12-13,19H,8-9H2,(H,29,33). The summed E-state index contributed by atoms with van der Waals surface area (Å²) in [4.78, 5) is 12.8. The van der Waals surface area contributed by atoms with Crippen LogP contribution in [0, 0.1) is 11.3 Å². The van der Waals surface area contributed by atoms with Gasteiger partial charge in [0.25, 0.3) is 0 Å². The Morgan fingerprint density at radius 2 is 2.00 bits per heavy atom. The zero-order valence-electron chi connectivity index (χ0n) is 17.3. The van der Waals surface area contributed by atoms with Crippen molar-refractivity contribution in [1.29, 1.82) is 5.26 Å². The third-order valence-electron chi connectivity index (χ3n) is 4.91. The molecule has 0 bridgehead atoms. The lowest BCUT2D eigenvalue weighted by atomic mass is 9.98. The molecule has 1 aliphatic rings. The molecule has 1 aliphatic heterocycles. The fraction of sp³-hybridized carbons (Fsp3) is 0.182. The van der Waals surface area contributed by atoms with Crippen molar-refractivity contribution in [3.05, 3.63) is 77.1 Å². The summed E-state index contributed by atoms with van der Waals surface area (Å²) in [7, 11) is 0. The average molecular weight is 489 g/mol. The van der Waals surface area contributed by atoms with Crippen LogP contribution in [0.25, 0.3) is 0 Å². The van der Waals surface area contributed by atoms with Gasteiger partial charge in [0.2, 0.25) is 0 Å². The minimum atomic E-state index is -4.80. The maximum absolute atomic E-state index is 12.8. The van der Waals surface area contributed by atoms with Gasteiger partial charge in [0, 0.05) is 24.0 Å². The molecule has 4 rings (SSSR count). The number of aromatic nitrogens is 2. The van der Waals surface area contributed by atoms with Crippen LogP contribution in [0.3, 0.4) is 0 Å². The van der Waals surface area contributed by atoms with E-state index in [0.29, 0.717) is 28.3 Å². The zero-order chi connectivity index (χ0) is 24.3. The fourth-order valence-electron chi connectivity index (χ4n) is 3.44. The summed E-state index contributed by atoms with van der Waals surface area (Å²) < 4.78 is 42.5. The molecule has 0 aliphatic carbocycles. The second-order valence-corrected chi connectivity index (χ2v) is 7.68. The molecular formula is C22H16ClF3N6O2. The number of anilines is 1. The van der Waals surface area contributed by atoms with Gasteiger partial charge in [0.05, 0.1) is 34.6 Å². The van der Waals surface area contributed by atoms with Crippen LogP contribution in [0.2, 0.25) is 5.02 Å². The van der Waals surface area contributed by atoms with E-state index in [9.17, 15) is 23.2 Å². The lowest BCUT2D eigenvalue weighted by Gasteiger charge is -2.30. The number of hydrogen-bond donors (Lipinski definition) is 1. The van der Waals surface area contributed by atoms with Crippen molar-refractivity contribution in [2.75, 3.05) is 11.9 Å². The largest absolute Gasteiger partial charge is 0.573 e. The Morgan fingerprint density at radius 1 is 1.24 bits per heavy atom. The third-order valence-corrected chi connectivity index (χ3v) is 5.10. The van der Waals surface area contributed by atoms with Gasteiger partial charge in [0.1, 0.15) is 5.75 Å². The van der Waals surface area contributed by atoms with E-state index < -0.39 is 18.1 Å². The highest BCUT2D eigenvalue weighted by Crippen LogP contribution is 2.27. The lowest BCUT2D eigenvalue weighted by Crippen LogP contribution is -2.39. The number of rotatable bonds is 4. The van der Waals surface area contributed by atoms with Crippen LogP contribution in [0.1, 0.15) is 23.6 Å². The number of nitriles is 1. The van der Waals surface area contributed by atoms with Crippen molar-refractivity contribution in [3.63, 3.8) is 0 Å². The van der Waals surface area contributed by atoms with Gasteiger partial charge in [0.15, 0.2) is 0 Å². The lowest BCUT2D eigenvalue weighted by molar-refractivity contribution is -0.274. The summed E-state index contributed by atoms with van der Waals surface area (Å²) >= 11 is 6.02. The summed E-state index contributed by atoms with van der Waals surface area (Å²) in [6, 6.07) is 12.8. The molecule has 174 valence electrons. The molecule has 0 saturated heterocycles. The quantitative estimate of drug-likeness (QED) is 0.546. The van der Waals surface area contributed by atoms with Crippen molar-refractivity contribution in [1.82, 2.24) is 14.8 Å². The molecular weight excluding hydrogens is 473 g/mol. The molecule has 0 fully saturated rings. The van der Waals surface area contributed by atoms with Gasteiger partial charge < -0.3 is 10.1 Å². The molecule has 1 aromatic heterocycles. The Labute approximate surface area is 196 Å². The average Bonchev–Trinajstić information content (AvgIpc) is 3.25. The third kappa shape index (κ3) is 5.47. The van der Waals surface area contributed by atoms with E-state index in [1.807, 2.05) is 0 Å². The fourth-order valence-corrected chi connectivity index (χ4v) is 3.59. The number of hydrazone groups is 1. The highest BCUT2D eigenvalue weighted by Gasteiger charge is 2.31. The van der Waals surface area contributed by atoms with Crippen molar-refractivity contribution >= 4 is 29.0 Å². The van der Waals surface area contributed by atoms with E-state index in [1.54, 1.807) is 35.1 Å². The first kappa shape index (κ1) is 23.1. The number of amides is 2. The topological polar surface area (TPSA) is 95.5 Å². The van der Waals surface area contributed by atoms with E-state index in [2.05, 4.69) is 26.3 Å². The molecule has 12 heteroatoms. The first-order chi connectivity index (χ1) is 16.2. The van der Waals surface area contributed by atoms with Crippen molar-refractivity contribution in [3.8, 4) is 11.8 Å². The Morgan fingerprint density at radius 3 is 2.65 bits per heavy atom. The first-order valence-corrected chi connectivity index (χ1v) is 10.3. The van der Waals surface area contributed by atoms with Gasteiger partial charge >= 0.3 is 12.4 Å². The molecule has 34 heavy (non-hydrogen) atoms. The summed E-state index contributed by atoms with van der Waals surface area (Å²) in [6.45, 7) is 0.241. The molecule has 1 N–H and O–H groups in total. The molecule has 0 saturated carbocycles. The molecule has 2 amide bonds. The van der Waals surface area contributed by atoms with Gasteiger partial charge in [-0.2, -0.15) is 15.5 Å². The Balaban J connectivity index is 1.58. The van der Waals surface area contributed by atoms with Gasteiger partial charge in [-0.3, -0.25) is 4.68 Å². The number of alkyl halides is 3. The van der Waals surface area contributed by atoms with Crippen molar-refractivity contribution in [2.24, 2.45) is 5.10 Å². The molecule has 2 heterocycles. The summed E-state index contributed by atoms with van der Waals surface area (Å²) in [5.41, 5.74) is 1.85. The molecule has 0 spiro atoms. The van der Waals surface area contributed by atoms with E-state index in [4.69, 9.17) is 11.6 Å². The number of nitrogens with one attached hydrogen (secondary N) is 1. The van der Waals surface area contributed by atoms with E-state index in [-0.39, 0.29) is 18.3 Å². The molecule has 8 nitrogen and oxygen atoms in total. The molecule has 1 unspecified atom stereocenters. The van der Waals surface area contributed by atoms with Crippen LogP contribution in [-0.2, 0) is 0 Å². The smallest absolute Gasteiger partial charge is 0.406 e. The van der Waals surface area contributed by atoms with Crippen LogP contribution in [0.4, 0.5) is 23.7 Å². The van der Waals surface area contributed by atoms with Gasteiger partial charge in [-0.15, -0.1) is 13.2 Å². The first-order valence-electron chi connectivity index (χ1n) is 9.95. The minimum Gasteiger partial charge on any atom is -0.406 e. The monoisotopic (exact) mass is 488 g/mol. The second kappa shape index (κ2) is 9.44. The minimum absolute atomic E-state index is 0.241. The highest BCUT2D eigenvalue weighted by atomic mass is 35.5. The number of carbonyl (C=O) groups excluding carboxylic acids is 1. The molecule has 3 aromatic rings. The van der Waals surface area contributed by atoms with Gasteiger partial charge in [-0.25, -0.2) is 9.80 Å². The summed E-state index contributed by atoms with van der Waals surface area (Å²) in [5.74, 6) is -0.401. The van der Waals surface area contributed by atoms with E-state index in [0.717, 1.165) is 12.1 Å². The SMILES string of the molecule is N#Cc1cccc(C2=NN(C(=O)Nc3ccc(OC(F)(F)F)cc3)CCC2n2cc(Cl)cn2)c1. The Bertz CT molecular complexity index is 1270. The van der Waals surface area contributed by atoms with Gasteiger partial charge in [-0.1, -0.05) is 23.7 Å². The predicted octanol–water partition coefficient (Wildman–Crippen LogP) is 5.19. The number of benzene rings is 2. The maximum Gasteiger partial charge on any atom is 0.573 e.